The van der Waals surface area contributed by atoms with Crippen LogP contribution in [0.5, 0.6) is 0 Å². The van der Waals surface area contributed by atoms with E-state index in [1.807, 2.05) is 6.92 Å². The van der Waals surface area contributed by atoms with E-state index in [0.29, 0.717) is 23.2 Å². The van der Waals surface area contributed by atoms with E-state index in [1.165, 1.54) is 50.5 Å². The molecule has 0 aromatic rings. The predicted molar refractivity (Wildman–Crippen MR) is 161 cm³/mol. The Morgan fingerprint density at radius 3 is 2.08 bits per heavy atom. The highest BCUT2D eigenvalue weighted by Gasteiger charge is 2.69. The molecule has 0 bridgehead atoms. The van der Waals surface area contributed by atoms with Crippen molar-refractivity contribution in [3.8, 4) is 0 Å². The van der Waals surface area contributed by atoms with E-state index >= 15 is 0 Å². The molecule has 4 saturated carbocycles. The van der Waals surface area contributed by atoms with Crippen LogP contribution in [-0.4, -0.2) is 33.6 Å². The maximum atomic E-state index is 12.4. The first kappa shape index (κ1) is 30.1. The van der Waals surface area contributed by atoms with Gasteiger partial charge in [0.2, 0.25) is 0 Å². The molecule has 3 nitrogen and oxygen atoms in total. The first-order valence-corrected chi connectivity index (χ1v) is 16.7. The molecule has 5 aliphatic rings. The fourth-order valence-corrected chi connectivity index (χ4v) is 12.5. The van der Waals surface area contributed by atoms with Crippen LogP contribution in [0.4, 0.5) is 0 Å². The van der Waals surface area contributed by atoms with Gasteiger partial charge in [0.05, 0.1) is 18.3 Å². The van der Waals surface area contributed by atoms with Crippen LogP contribution in [0.2, 0.25) is 0 Å². The maximum absolute atomic E-state index is 12.4. The minimum atomic E-state index is -0.657. The molecule has 3 N–H and O–H groups in total. The number of aliphatic hydroxyl groups excluding tert-OH is 3. The highest BCUT2D eigenvalue weighted by atomic mass is 16.3. The third kappa shape index (κ3) is 4.45. The quantitative estimate of drug-likeness (QED) is 0.310. The van der Waals surface area contributed by atoms with Gasteiger partial charge in [-0.2, -0.15) is 0 Å². The van der Waals surface area contributed by atoms with Crippen molar-refractivity contribution in [1.82, 2.24) is 0 Å². The lowest BCUT2D eigenvalue weighted by Crippen LogP contribution is -2.68. The minimum absolute atomic E-state index is 0.0489. The lowest BCUT2D eigenvalue weighted by molar-refractivity contribution is -0.248. The smallest absolute Gasteiger partial charge is 0.0838 e. The van der Waals surface area contributed by atoms with Crippen molar-refractivity contribution in [3.05, 3.63) is 11.1 Å². The van der Waals surface area contributed by atoms with E-state index in [2.05, 4.69) is 62.3 Å². The molecule has 39 heavy (non-hydrogen) atoms. The summed E-state index contributed by atoms with van der Waals surface area (Å²) >= 11 is 0. The van der Waals surface area contributed by atoms with Gasteiger partial charge in [0.15, 0.2) is 0 Å². The van der Waals surface area contributed by atoms with E-state index < -0.39 is 12.2 Å². The Morgan fingerprint density at radius 2 is 1.51 bits per heavy atom. The Labute approximate surface area is 240 Å². The van der Waals surface area contributed by atoms with Crippen molar-refractivity contribution in [1.29, 1.82) is 0 Å². The molecule has 5 rings (SSSR count). The largest absolute Gasteiger partial charge is 0.392 e. The normalized spacial score (nSPS) is 53.5. The molecule has 0 amide bonds. The third-order valence-corrected chi connectivity index (χ3v) is 14.6. The minimum Gasteiger partial charge on any atom is -0.392 e. The third-order valence-electron chi connectivity index (χ3n) is 14.6. The summed E-state index contributed by atoms with van der Waals surface area (Å²) in [7, 11) is 0. The van der Waals surface area contributed by atoms with Crippen LogP contribution in [-0.2, 0) is 0 Å². The number of fused-ring (bicyclic) bond motifs is 3. The van der Waals surface area contributed by atoms with E-state index in [-0.39, 0.29) is 34.2 Å². The highest BCUT2D eigenvalue weighted by molar-refractivity contribution is 5.33. The molecule has 5 aliphatic carbocycles. The first-order valence-electron chi connectivity index (χ1n) is 16.7. The lowest BCUT2D eigenvalue weighted by Gasteiger charge is -2.70. The van der Waals surface area contributed by atoms with E-state index in [4.69, 9.17) is 0 Å². The zero-order valence-corrected chi connectivity index (χ0v) is 27.1. The van der Waals surface area contributed by atoms with Crippen LogP contribution in [0.3, 0.4) is 0 Å². The number of hydrogen-bond donors (Lipinski definition) is 3. The van der Waals surface area contributed by atoms with Crippen molar-refractivity contribution in [2.24, 2.45) is 69.0 Å². The second-order valence-corrected chi connectivity index (χ2v) is 17.6. The molecule has 0 aliphatic heterocycles. The summed E-state index contributed by atoms with van der Waals surface area (Å²) in [5.41, 5.74) is 2.11. The van der Waals surface area contributed by atoms with Gasteiger partial charge < -0.3 is 15.3 Å². The van der Waals surface area contributed by atoms with E-state index in [9.17, 15) is 15.3 Å². The van der Waals surface area contributed by atoms with E-state index in [1.54, 1.807) is 0 Å². The van der Waals surface area contributed by atoms with Crippen molar-refractivity contribution in [3.63, 3.8) is 0 Å². The van der Waals surface area contributed by atoms with E-state index in [0.717, 1.165) is 36.2 Å². The summed E-state index contributed by atoms with van der Waals surface area (Å²) in [5.74, 6) is 4.39. The second kappa shape index (κ2) is 9.84. The molecular formula is C36H62O3. The fraction of sp³-hybridized carbons (Fsp3) is 0.944. The Hall–Kier alpha value is -0.380. The molecule has 0 heterocycles. The van der Waals surface area contributed by atoms with Crippen molar-refractivity contribution in [2.45, 2.75) is 145 Å². The SMILES string of the molecule is CC1=C(C(C)O)C(O)C2(C)C(C)C3C(O)C4C(C)CCC(C5CCC(C(C)(C)C)CC5)C4CC3(C)CC2(C)C1. The standard InChI is InChI=1S/C36H62O3/c1-20-11-16-26(24-12-14-25(15-13-24)33(5,6)7)27-18-34(8)19-35(9)17-21(2)28(23(4)37)32(39)36(35,10)22(3)30(34)31(38)29(20)27/h20,22-27,29-32,37-39H,11-19H2,1-10H3. The van der Waals surface area contributed by atoms with Gasteiger partial charge in [-0.15, -0.1) is 0 Å². The average Bonchev–Trinajstić information content (AvgIpc) is 2.80. The van der Waals surface area contributed by atoms with Crippen LogP contribution in [0.15, 0.2) is 11.1 Å². The molecular weight excluding hydrogens is 480 g/mol. The number of rotatable bonds is 2. The predicted octanol–water partition coefficient (Wildman–Crippen LogP) is 8.02. The van der Waals surface area contributed by atoms with Crippen LogP contribution in [0, 0.1) is 69.0 Å². The van der Waals surface area contributed by atoms with Gasteiger partial charge in [-0.3, -0.25) is 0 Å². The highest BCUT2D eigenvalue weighted by Crippen LogP contribution is 2.72. The summed E-state index contributed by atoms with van der Waals surface area (Å²) in [6.07, 6.45) is 9.77. The van der Waals surface area contributed by atoms with Gasteiger partial charge in [-0.1, -0.05) is 67.4 Å². The molecule has 0 saturated heterocycles. The molecule has 12 atom stereocenters. The van der Waals surface area contributed by atoms with Gasteiger partial charge in [-0.25, -0.2) is 0 Å². The Bertz CT molecular complexity index is 953. The van der Waals surface area contributed by atoms with Gasteiger partial charge in [-0.05, 0) is 134 Å². The Balaban J connectivity index is 1.48. The molecule has 0 aromatic heterocycles. The van der Waals surface area contributed by atoms with Gasteiger partial charge in [0.25, 0.3) is 0 Å². The topological polar surface area (TPSA) is 60.7 Å². The van der Waals surface area contributed by atoms with Crippen molar-refractivity contribution in [2.75, 3.05) is 0 Å². The van der Waals surface area contributed by atoms with Crippen molar-refractivity contribution < 1.29 is 15.3 Å². The van der Waals surface area contributed by atoms with Crippen LogP contribution >= 0.6 is 0 Å². The Kier molecular flexibility index (Phi) is 7.59. The summed E-state index contributed by atoms with van der Waals surface area (Å²) < 4.78 is 0. The summed E-state index contributed by atoms with van der Waals surface area (Å²) in [4.78, 5) is 0. The average molecular weight is 543 g/mol. The molecule has 0 spiro atoms. The van der Waals surface area contributed by atoms with Crippen LogP contribution in [0.1, 0.15) is 127 Å². The lowest BCUT2D eigenvalue weighted by atomic mass is 9.35. The first-order chi connectivity index (χ1) is 18.0. The summed E-state index contributed by atoms with van der Waals surface area (Å²) in [6.45, 7) is 23.2. The number of allylic oxidation sites excluding steroid dienone is 1. The van der Waals surface area contributed by atoms with Crippen molar-refractivity contribution >= 4 is 0 Å². The summed E-state index contributed by atoms with van der Waals surface area (Å²) in [5, 5.41) is 35.0. The maximum Gasteiger partial charge on any atom is 0.0838 e. The molecule has 224 valence electrons. The van der Waals surface area contributed by atoms with Crippen LogP contribution in [0.25, 0.3) is 0 Å². The molecule has 0 aromatic carbocycles. The van der Waals surface area contributed by atoms with Gasteiger partial charge in [0.1, 0.15) is 0 Å². The fourth-order valence-electron chi connectivity index (χ4n) is 12.5. The molecule has 3 heteroatoms. The Morgan fingerprint density at radius 1 is 0.897 bits per heavy atom. The monoisotopic (exact) mass is 542 g/mol. The summed E-state index contributed by atoms with van der Waals surface area (Å²) in [6, 6.07) is 0. The van der Waals surface area contributed by atoms with Crippen LogP contribution < -0.4 is 0 Å². The zero-order valence-electron chi connectivity index (χ0n) is 27.1. The number of aliphatic hydroxyl groups is 3. The number of hydrogen-bond acceptors (Lipinski definition) is 3. The van der Waals surface area contributed by atoms with Gasteiger partial charge in [0, 0.05) is 5.41 Å². The second-order valence-electron chi connectivity index (χ2n) is 17.6. The zero-order chi connectivity index (χ0) is 28.9. The molecule has 12 unspecified atom stereocenters. The van der Waals surface area contributed by atoms with Gasteiger partial charge >= 0.3 is 0 Å². The molecule has 0 radical (unpaired) electrons. The molecule has 4 fully saturated rings.